The van der Waals surface area contributed by atoms with Crippen LogP contribution in [0.25, 0.3) is 0 Å². The van der Waals surface area contributed by atoms with Crippen LogP contribution in [0.3, 0.4) is 0 Å². The summed E-state index contributed by atoms with van der Waals surface area (Å²) in [6, 6.07) is 0.610. The summed E-state index contributed by atoms with van der Waals surface area (Å²) in [5.74, 6) is 0.975. The van der Waals surface area contributed by atoms with Gasteiger partial charge in [-0.05, 0) is 44.1 Å². The zero-order chi connectivity index (χ0) is 13.1. The van der Waals surface area contributed by atoms with Crippen molar-refractivity contribution in [3.63, 3.8) is 0 Å². The molecule has 4 nitrogen and oxygen atoms in total. The van der Waals surface area contributed by atoms with Crippen molar-refractivity contribution < 1.29 is 14.6 Å². The molecule has 1 saturated heterocycles. The summed E-state index contributed by atoms with van der Waals surface area (Å²) in [5.41, 5.74) is 0. The molecule has 1 aliphatic heterocycles. The Kier molecular flexibility index (Phi) is 4.42. The quantitative estimate of drug-likeness (QED) is 0.815. The van der Waals surface area contributed by atoms with Crippen molar-refractivity contribution in [2.45, 2.75) is 56.8 Å². The Morgan fingerprint density at radius 2 is 1.68 bits per heavy atom. The maximum Gasteiger partial charge on any atom is 0.168 e. The summed E-state index contributed by atoms with van der Waals surface area (Å²) >= 11 is 0. The third kappa shape index (κ3) is 3.13. The van der Waals surface area contributed by atoms with Crippen LogP contribution < -0.4 is 5.32 Å². The van der Waals surface area contributed by atoms with Crippen molar-refractivity contribution in [2.75, 3.05) is 26.4 Å². The fourth-order valence-corrected chi connectivity index (χ4v) is 3.99. The lowest BCUT2D eigenvalue weighted by Gasteiger charge is -2.36. The second-order valence-electron chi connectivity index (χ2n) is 6.42. The normalized spacial score (nSPS) is 35.2. The van der Waals surface area contributed by atoms with Crippen molar-refractivity contribution in [1.29, 1.82) is 0 Å². The van der Waals surface area contributed by atoms with Gasteiger partial charge in [-0.3, -0.25) is 0 Å². The number of aliphatic hydroxyl groups is 1. The highest BCUT2D eigenvalue weighted by molar-refractivity contribution is 4.87. The molecule has 0 amide bonds. The molecule has 1 spiro atoms. The molecular formula is C15H27NO3. The van der Waals surface area contributed by atoms with Gasteiger partial charge < -0.3 is 19.9 Å². The summed E-state index contributed by atoms with van der Waals surface area (Å²) in [6.07, 6.45) is 8.12. The van der Waals surface area contributed by atoms with E-state index >= 15 is 0 Å². The molecule has 1 heterocycles. The zero-order valence-corrected chi connectivity index (χ0v) is 11.8. The van der Waals surface area contributed by atoms with Crippen LogP contribution in [-0.2, 0) is 9.47 Å². The van der Waals surface area contributed by atoms with Crippen molar-refractivity contribution >= 4 is 0 Å². The minimum absolute atomic E-state index is 0.237. The molecule has 0 aromatic carbocycles. The third-order valence-electron chi connectivity index (χ3n) is 5.28. The molecule has 0 bridgehead atoms. The van der Waals surface area contributed by atoms with E-state index in [0.717, 1.165) is 45.4 Å². The number of aliphatic hydroxyl groups excluding tert-OH is 1. The minimum atomic E-state index is -0.237. The first-order valence-corrected chi connectivity index (χ1v) is 7.93. The molecular weight excluding hydrogens is 242 g/mol. The van der Waals surface area contributed by atoms with E-state index < -0.39 is 0 Å². The first-order chi connectivity index (χ1) is 9.31. The fourth-order valence-electron chi connectivity index (χ4n) is 3.99. The van der Waals surface area contributed by atoms with Gasteiger partial charge in [0.25, 0.3) is 0 Å². The first-order valence-electron chi connectivity index (χ1n) is 7.93. The molecule has 3 rings (SSSR count). The third-order valence-corrected chi connectivity index (χ3v) is 5.28. The monoisotopic (exact) mass is 269 g/mol. The largest absolute Gasteiger partial charge is 0.396 e. The Balaban J connectivity index is 1.40. The summed E-state index contributed by atoms with van der Waals surface area (Å²) < 4.78 is 11.5. The predicted octanol–water partition coefficient (Wildman–Crippen LogP) is 1.67. The average molecular weight is 269 g/mol. The van der Waals surface area contributed by atoms with Crippen LogP contribution >= 0.6 is 0 Å². The summed E-state index contributed by atoms with van der Waals surface area (Å²) in [7, 11) is 0. The molecule has 0 radical (unpaired) electrons. The van der Waals surface area contributed by atoms with Crippen LogP contribution in [0.5, 0.6) is 0 Å². The number of rotatable bonds is 4. The molecule has 19 heavy (non-hydrogen) atoms. The standard InChI is InChI=1S/C15H27NO3/c17-11-13-3-1-2-12(13)10-16-14-4-6-15(7-5-14)18-8-9-19-15/h12-14,16-17H,1-11H2. The van der Waals surface area contributed by atoms with E-state index in [4.69, 9.17) is 9.47 Å². The average Bonchev–Trinajstić information content (AvgIpc) is 3.07. The molecule has 0 aromatic rings. The van der Waals surface area contributed by atoms with Crippen LogP contribution in [0.2, 0.25) is 0 Å². The van der Waals surface area contributed by atoms with Gasteiger partial charge in [-0.1, -0.05) is 6.42 Å². The first kappa shape index (κ1) is 13.8. The Bertz CT molecular complexity index is 281. The molecule has 2 N–H and O–H groups in total. The van der Waals surface area contributed by atoms with Gasteiger partial charge in [0.2, 0.25) is 0 Å². The topological polar surface area (TPSA) is 50.7 Å². The van der Waals surface area contributed by atoms with Crippen molar-refractivity contribution in [1.82, 2.24) is 5.32 Å². The number of hydrogen-bond acceptors (Lipinski definition) is 4. The van der Waals surface area contributed by atoms with E-state index in [1.165, 1.54) is 19.3 Å². The molecule has 3 fully saturated rings. The van der Waals surface area contributed by atoms with Crippen LogP contribution in [0.15, 0.2) is 0 Å². The second-order valence-corrected chi connectivity index (χ2v) is 6.42. The van der Waals surface area contributed by atoms with Crippen molar-refractivity contribution in [3.05, 3.63) is 0 Å². The molecule has 2 aliphatic carbocycles. The lowest BCUT2D eigenvalue weighted by Crippen LogP contribution is -2.43. The van der Waals surface area contributed by atoms with Crippen molar-refractivity contribution in [2.24, 2.45) is 11.8 Å². The lowest BCUT2D eigenvalue weighted by atomic mass is 9.89. The van der Waals surface area contributed by atoms with E-state index in [2.05, 4.69) is 5.32 Å². The van der Waals surface area contributed by atoms with Crippen LogP contribution in [0.1, 0.15) is 44.9 Å². The van der Waals surface area contributed by atoms with Gasteiger partial charge in [-0.2, -0.15) is 0 Å². The Morgan fingerprint density at radius 3 is 2.37 bits per heavy atom. The van der Waals surface area contributed by atoms with Crippen LogP contribution in [0, 0.1) is 11.8 Å². The Labute approximate surface area is 115 Å². The van der Waals surface area contributed by atoms with E-state index in [1.807, 2.05) is 0 Å². The van der Waals surface area contributed by atoms with Crippen molar-refractivity contribution in [3.8, 4) is 0 Å². The van der Waals surface area contributed by atoms with Gasteiger partial charge >= 0.3 is 0 Å². The molecule has 3 aliphatic rings. The SMILES string of the molecule is OCC1CCCC1CNC1CCC2(CC1)OCCO2. The van der Waals surface area contributed by atoms with Gasteiger partial charge in [0.05, 0.1) is 13.2 Å². The zero-order valence-electron chi connectivity index (χ0n) is 11.8. The highest BCUT2D eigenvalue weighted by Gasteiger charge is 2.40. The maximum atomic E-state index is 9.35. The van der Waals surface area contributed by atoms with Crippen LogP contribution in [-0.4, -0.2) is 43.3 Å². The molecule has 4 heteroatoms. The highest BCUT2D eigenvalue weighted by atomic mass is 16.7. The number of nitrogens with one attached hydrogen (secondary N) is 1. The van der Waals surface area contributed by atoms with E-state index in [-0.39, 0.29) is 5.79 Å². The van der Waals surface area contributed by atoms with Gasteiger partial charge in [0.15, 0.2) is 5.79 Å². The second kappa shape index (κ2) is 6.08. The highest BCUT2D eigenvalue weighted by Crippen LogP contribution is 2.36. The Morgan fingerprint density at radius 1 is 1.00 bits per heavy atom. The smallest absolute Gasteiger partial charge is 0.168 e. The minimum Gasteiger partial charge on any atom is -0.396 e. The van der Waals surface area contributed by atoms with Gasteiger partial charge in [0, 0.05) is 25.5 Å². The molecule has 2 saturated carbocycles. The van der Waals surface area contributed by atoms with E-state index in [1.54, 1.807) is 0 Å². The predicted molar refractivity (Wildman–Crippen MR) is 72.8 cm³/mol. The molecule has 2 unspecified atom stereocenters. The van der Waals surface area contributed by atoms with E-state index in [9.17, 15) is 5.11 Å². The van der Waals surface area contributed by atoms with Crippen LogP contribution in [0.4, 0.5) is 0 Å². The number of hydrogen-bond donors (Lipinski definition) is 2. The maximum absolute atomic E-state index is 9.35. The lowest BCUT2D eigenvalue weighted by molar-refractivity contribution is -0.179. The number of ether oxygens (including phenoxy) is 2. The van der Waals surface area contributed by atoms with E-state index in [0.29, 0.717) is 24.5 Å². The fraction of sp³-hybridized carbons (Fsp3) is 1.00. The summed E-state index contributed by atoms with van der Waals surface area (Å²) in [4.78, 5) is 0. The molecule has 0 aromatic heterocycles. The Hall–Kier alpha value is -0.160. The summed E-state index contributed by atoms with van der Waals surface area (Å²) in [5, 5.41) is 13.1. The van der Waals surface area contributed by atoms with Gasteiger partial charge in [-0.25, -0.2) is 0 Å². The van der Waals surface area contributed by atoms with Gasteiger partial charge in [-0.15, -0.1) is 0 Å². The molecule has 110 valence electrons. The molecule has 2 atom stereocenters. The van der Waals surface area contributed by atoms with Gasteiger partial charge in [0.1, 0.15) is 0 Å². The summed E-state index contributed by atoms with van der Waals surface area (Å²) in [6.45, 7) is 2.96.